The van der Waals surface area contributed by atoms with E-state index in [-0.39, 0.29) is 13.0 Å². The van der Waals surface area contributed by atoms with Crippen molar-refractivity contribution >= 4 is 16.2 Å². The molecule has 1 aliphatic heterocycles. The quantitative estimate of drug-likeness (QED) is 0.617. The molecule has 1 heterocycles. The summed E-state index contributed by atoms with van der Waals surface area (Å²) >= 11 is 0. The Morgan fingerprint density at radius 1 is 1.24 bits per heavy atom. The van der Waals surface area contributed by atoms with Crippen LogP contribution in [0.5, 0.6) is 0 Å². The fraction of sp³-hybridized carbons (Fsp3) is 0.923. The lowest BCUT2D eigenvalue weighted by atomic mass is 10.2. The van der Waals surface area contributed by atoms with Gasteiger partial charge in [0.05, 0.1) is 13.5 Å². The van der Waals surface area contributed by atoms with E-state index in [1.54, 1.807) is 0 Å². The number of rotatable bonds is 7. The van der Waals surface area contributed by atoms with Crippen LogP contribution in [0.15, 0.2) is 0 Å². The molecule has 0 aromatic rings. The maximum atomic E-state index is 12.4. The summed E-state index contributed by atoms with van der Waals surface area (Å²) < 4.78 is 32.0. The van der Waals surface area contributed by atoms with Crippen molar-refractivity contribution in [1.82, 2.24) is 13.5 Å². The third-order valence-corrected chi connectivity index (χ3v) is 5.52. The van der Waals surface area contributed by atoms with Crippen LogP contribution in [-0.2, 0) is 19.7 Å². The van der Waals surface area contributed by atoms with Crippen LogP contribution in [0.25, 0.3) is 0 Å². The van der Waals surface area contributed by atoms with Crippen LogP contribution in [0.1, 0.15) is 20.3 Å². The molecule has 1 fully saturated rings. The number of carbonyl (C=O) groups is 1. The van der Waals surface area contributed by atoms with Crippen molar-refractivity contribution in [2.75, 3.05) is 53.4 Å². The first-order valence-electron chi connectivity index (χ1n) is 7.28. The van der Waals surface area contributed by atoms with Gasteiger partial charge in [-0.15, -0.1) is 0 Å². The van der Waals surface area contributed by atoms with Crippen LogP contribution in [0.2, 0.25) is 0 Å². The van der Waals surface area contributed by atoms with E-state index in [2.05, 4.69) is 23.5 Å². The molecule has 21 heavy (non-hydrogen) atoms. The predicted molar refractivity (Wildman–Crippen MR) is 81.0 cm³/mol. The first-order chi connectivity index (χ1) is 9.77. The number of piperazine rings is 1. The van der Waals surface area contributed by atoms with E-state index in [1.807, 2.05) is 0 Å². The van der Waals surface area contributed by atoms with Crippen LogP contribution >= 0.6 is 0 Å². The summed E-state index contributed by atoms with van der Waals surface area (Å²) in [5.74, 6) is 0.176. The lowest BCUT2D eigenvalue weighted by Gasteiger charge is -2.36. The molecule has 0 saturated carbocycles. The molecule has 0 atom stereocenters. The molecule has 0 radical (unpaired) electrons. The Bertz CT molecular complexity index is 431. The van der Waals surface area contributed by atoms with E-state index in [9.17, 15) is 13.2 Å². The van der Waals surface area contributed by atoms with Crippen LogP contribution in [0.4, 0.5) is 0 Å². The molecule has 124 valence electrons. The molecule has 7 nitrogen and oxygen atoms in total. The van der Waals surface area contributed by atoms with E-state index in [0.717, 1.165) is 19.6 Å². The summed E-state index contributed by atoms with van der Waals surface area (Å²) in [4.78, 5) is 13.4. The van der Waals surface area contributed by atoms with Gasteiger partial charge in [-0.1, -0.05) is 13.8 Å². The highest BCUT2D eigenvalue weighted by Crippen LogP contribution is 2.12. The number of carbonyl (C=O) groups excluding carboxylic acids is 1. The van der Waals surface area contributed by atoms with Gasteiger partial charge >= 0.3 is 5.97 Å². The van der Waals surface area contributed by atoms with Crippen LogP contribution in [0.3, 0.4) is 0 Å². The number of hydrogen-bond acceptors (Lipinski definition) is 5. The zero-order valence-corrected chi connectivity index (χ0v) is 14.2. The van der Waals surface area contributed by atoms with Gasteiger partial charge in [-0.05, 0) is 5.92 Å². The molecule has 1 rings (SSSR count). The lowest BCUT2D eigenvalue weighted by Crippen LogP contribution is -2.53. The third kappa shape index (κ3) is 5.54. The van der Waals surface area contributed by atoms with E-state index in [1.165, 1.54) is 22.8 Å². The molecule has 1 saturated heterocycles. The van der Waals surface area contributed by atoms with Crippen molar-refractivity contribution in [3.8, 4) is 0 Å². The molecule has 0 aromatic carbocycles. The second-order valence-corrected chi connectivity index (χ2v) is 7.78. The van der Waals surface area contributed by atoms with Gasteiger partial charge in [0.2, 0.25) is 0 Å². The van der Waals surface area contributed by atoms with E-state index in [4.69, 9.17) is 0 Å². The monoisotopic (exact) mass is 321 g/mol. The fourth-order valence-electron chi connectivity index (χ4n) is 2.32. The number of nitrogens with zero attached hydrogens (tertiary/aromatic N) is 3. The Kier molecular flexibility index (Phi) is 7.05. The minimum atomic E-state index is -3.49. The summed E-state index contributed by atoms with van der Waals surface area (Å²) in [6, 6.07) is 0. The van der Waals surface area contributed by atoms with Gasteiger partial charge in [0.1, 0.15) is 0 Å². The first-order valence-corrected chi connectivity index (χ1v) is 8.67. The van der Waals surface area contributed by atoms with Crippen molar-refractivity contribution in [2.24, 2.45) is 5.92 Å². The molecular formula is C13H27N3O4S. The highest BCUT2D eigenvalue weighted by atomic mass is 32.2. The van der Waals surface area contributed by atoms with Gasteiger partial charge in [0.25, 0.3) is 10.2 Å². The molecular weight excluding hydrogens is 294 g/mol. The molecule has 0 N–H and O–H groups in total. The van der Waals surface area contributed by atoms with E-state index >= 15 is 0 Å². The predicted octanol–water partition coefficient (Wildman–Crippen LogP) is -0.000300. The minimum absolute atomic E-state index is 0.0690. The Balaban J connectivity index is 2.50. The lowest BCUT2D eigenvalue weighted by molar-refractivity contribution is -0.140. The summed E-state index contributed by atoms with van der Waals surface area (Å²) in [5.41, 5.74) is 0. The summed E-state index contributed by atoms with van der Waals surface area (Å²) in [6.07, 6.45) is 0.0690. The average molecular weight is 321 g/mol. The SMILES string of the molecule is COC(=O)CCN(C)S(=O)(=O)N1CCN(CC(C)C)CC1. The molecule has 1 aliphatic rings. The first kappa shape index (κ1) is 18.3. The molecule has 0 aliphatic carbocycles. The van der Waals surface area contributed by atoms with Gasteiger partial charge in [-0.3, -0.25) is 4.79 Å². The van der Waals surface area contributed by atoms with Crippen molar-refractivity contribution in [3.05, 3.63) is 0 Å². The Morgan fingerprint density at radius 2 is 1.81 bits per heavy atom. The van der Waals surface area contributed by atoms with Gasteiger partial charge in [0.15, 0.2) is 0 Å². The molecule has 0 spiro atoms. The molecule has 0 aromatic heterocycles. The van der Waals surface area contributed by atoms with E-state index in [0.29, 0.717) is 19.0 Å². The molecule has 0 unspecified atom stereocenters. The number of esters is 1. The molecule has 0 amide bonds. The highest BCUT2D eigenvalue weighted by Gasteiger charge is 2.30. The van der Waals surface area contributed by atoms with Gasteiger partial charge in [-0.25, -0.2) is 0 Å². The average Bonchev–Trinajstić information content (AvgIpc) is 2.44. The van der Waals surface area contributed by atoms with E-state index < -0.39 is 16.2 Å². The standard InChI is InChI=1S/C13H27N3O4S/c1-12(2)11-15-7-9-16(10-8-15)21(18,19)14(3)6-5-13(17)20-4/h12H,5-11H2,1-4H3. The van der Waals surface area contributed by atoms with Crippen LogP contribution in [0, 0.1) is 5.92 Å². The fourth-order valence-corrected chi connectivity index (χ4v) is 3.66. The maximum absolute atomic E-state index is 12.4. The topological polar surface area (TPSA) is 70.2 Å². The van der Waals surface area contributed by atoms with Crippen LogP contribution < -0.4 is 0 Å². The maximum Gasteiger partial charge on any atom is 0.306 e. The number of hydrogen-bond donors (Lipinski definition) is 0. The number of methoxy groups -OCH3 is 1. The van der Waals surface area contributed by atoms with Crippen molar-refractivity contribution in [1.29, 1.82) is 0 Å². The molecule has 0 bridgehead atoms. The Morgan fingerprint density at radius 3 is 2.29 bits per heavy atom. The van der Waals surface area contributed by atoms with Crippen molar-refractivity contribution < 1.29 is 17.9 Å². The third-order valence-electron chi connectivity index (χ3n) is 3.53. The normalized spacial score (nSPS) is 18.4. The number of ether oxygens (including phenoxy) is 1. The smallest absolute Gasteiger partial charge is 0.306 e. The second kappa shape index (κ2) is 8.07. The van der Waals surface area contributed by atoms with Crippen molar-refractivity contribution in [3.63, 3.8) is 0 Å². The largest absolute Gasteiger partial charge is 0.469 e. The zero-order chi connectivity index (χ0) is 16.0. The minimum Gasteiger partial charge on any atom is -0.469 e. The van der Waals surface area contributed by atoms with Crippen LogP contribution in [-0.4, -0.2) is 81.3 Å². The Hall–Kier alpha value is -0.700. The molecule has 8 heteroatoms. The summed E-state index contributed by atoms with van der Waals surface area (Å²) in [7, 11) is -0.690. The van der Waals surface area contributed by atoms with Gasteiger partial charge in [-0.2, -0.15) is 17.0 Å². The Labute approximate surface area is 128 Å². The summed E-state index contributed by atoms with van der Waals surface area (Å²) in [5, 5.41) is 0. The summed E-state index contributed by atoms with van der Waals surface area (Å²) in [6.45, 7) is 7.94. The van der Waals surface area contributed by atoms with Gasteiger partial charge < -0.3 is 9.64 Å². The highest BCUT2D eigenvalue weighted by molar-refractivity contribution is 7.86. The van der Waals surface area contributed by atoms with Gasteiger partial charge in [0, 0.05) is 46.3 Å². The second-order valence-electron chi connectivity index (χ2n) is 5.75. The zero-order valence-electron chi connectivity index (χ0n) is 13.4. The van der Waals surface area contributed by atoms with Crippen molar-refractivity contribution in [2.45, 2.75) is 20.3 Å².